The summed E-state index contributed by atoms with van der Waals surface area (Å²) in [4.78, 5) is 0. The highest BCUT2D eigenvalue weighted by atomic mass is 14.3. The quantitative estimate of drug-likeness (QED) is 0.526. The van der Waals surface area contributed by atoms with E-state index < -0.39 is 0 Å². The van der Waals surface area contributed by atoms with Crippen LogP contribution in [-0.2, 0) is 0 Å². The van der Waals surface area contributed by atoms with E-state index in [0.717, 1.165) is 5.92 Å². The smallest absolute Gasteiger partial charge is 0.0162 e. The molecule has 0 heterocycles. The highest BCUT2D eigenvalue weighted by Gasteiger charge is 2.24. The van der Waals surface area contributed by atoms with Gasteiger partial charge in [-0.1, -0.05) is 17.2 Å². The Kier molecular flexibility index (Phi) is 2.53. The first kappa shape index (κ1) is 8.58. The average Bonchev–Trinajstić information content (AvgIpc) is 2.63. The maximum Gasteiger partial charge on any atom is -0.0162 e. The molecule has 0 aliphatic heterocycles. The second-order valence-electron chi connectivity index (χ2n) is 3.95. The lowest BCUT2D eigenvalue weighted by molar-refractivity contribution is 1.01. The van der Waals surface area contributed by atoms with Gasteiger partial charge in [0.25, 0.3) is 0 Å². The standard InChI is InChI=1S/C11H18/c1-8(2)7-11(9(3)4)10-5-6-10/h7,10H,5-6H2,1-4H3. The van der Waals surface area contributed by atoms with Gasteiger partial charge in [0.05, 0.1) is 0 Å². The third-order valence-corrected chi connectivity index (χ3v) is 2.04. The summed E-state index contributed by atoms with van der Waals surface area (Å²) >= 11 is 0. The van der Waals surface area contributed by atoms with E-state index in [1.807, 2.05) is 0 Å². The van der Waals surface area contributed by atoms with Crippen LogP contribution in [0.3, 0.4) is 0 Å². The first-order chi connectivity index (χ1) is 5.11. The van der Waals surface area contributed by atoms with E-state index in [4.69, 9.17) is 0 Å². The van der Waals surface area contributed by atoms with Crippen molar-refractivity contribution < 1.29 is 0 Å². The van der Waals surface area contributed by atoms with E-state index in [1.165, 1.54) is 24.0 Å². The monoisotopic (exact) mass is 150 g/mol. The third kappa shape index (κ3) is 2.53. The summed E-state index contributed by atoms with van der Waals surface area (Å²) in [6, 6.07) is 0. The van der Waals surface area contributed by atoms with Gasteiger partial charge >= 0.3 is 0 Å². The van der Waals surface area contributed by atoms with Gasteiger partial charge < -0.3 is 0 Å². The van der Waals surface area contributed by atoms with Crippen molar-refractivity contribution in [2.24, 2.45) is 5.92 Å². The lowest BCUT2D eigenvalue weighted by atomic mass is 10.0. The van der Waals surface area contributed by atoms with Crippen LogP contribution in [0.4, 0.5) is 0 Å². The first-order valence-electron chi connectivity index (χ1n) is 4.43. The van der Waals surface area contributed by atoms with Crippen molar-refractivity contribution in [3.63, 3.8) is 0 Å². The molecule has 1 fully saturated rings. The van der Waals surface area contributed by atoms with Crippen LogP contribution in [0, 0.1) is 5.92 Å². The van der Waals surface area contributed by atoms with Gasteiger partial charge in [-0.25, -0.2) is 0 Å². The average molecular weight is 150 g/mol. The molecule has 1 aliphatic rings. The second kappa shape index (κ2) is 3.25. The molecule has 0 atom stereocenters. The van der Waals surface area contributed by atoms with Crippen LogP contribution >= 0.6 is 0 Å². The van der Waals surface area contributed by atoms with Gasteiger partial charge in [0.15, 0.2) is 0 Å². The Hall–Kier alpha value is -0.520. The number of hydrogen-bond acceptors (Lipinski definition) is 0. The van der Waals surface area contributed by atoms with Crippen molar-refractivity contribution >= 4 is 0 Å². The molecule has 0 aromatic rings. The molecular formula is C11H18. The summed E-state index contributed by atoms with van der Waals surface area (Å²) < 4.78 is 0. The molecule has 0 spiro atoms. The molecule has 0 unspecified atom stereocenters. The maximum atomic E-state index is 2.34. The van der Waals surface area contributed by atoms with Gasteiger partial charge in [0.1, 0.15) is 0 Å². The minimum Gasteiger partial charge on any atom is -0.0762 e. The van der Waals surface area contributed by atoms with Crippen molar-refractivity contribution in [2.45, 2.75) is 40.5 Å². The van der Waals surface area contributed by atoms with Crippen LogP contribution in [0.15, 0.2) is 22.8 Å². The molecule has 0 bridgehead atoms. The van der Waals surface area contributed by atoms with E-state index in [1.54, 1.807) is 5.57 Å². The minimum absolute atomic E-state index is 0.898. The van der Waals surface area contributed by atoms with Crippen LogP contribution in [0.25, 0.3) is 0 Å². The lowest BCUT2D eigenvalue weighted by Gasteiger charge is -2.02. The zero-order valence-electron chi connectivity index (χ0n) is 8.07. The maximum absolute atomic E-state index is 2.34. The van der Waals surface area contributed by atoms with Gasteiger partial charge in [-0.3, -0.25) is 0 Å². The van der Waals surface area contributed by atoms with Crippen LogP contribution in [0.1, 0.15) is 40.5 Å². The molecule has 1 aliphatic carbocycles. The van der Waals surface area contributed by atoms with Gasteiger partial charge in [-0.05, 0) is 52.0 Å². The summed E-state index contributed by atoms with van der Waals surface area (Å²) in [5.41, 5.74) is 4.51. The highest BCUT2D eigenvalue weighted by molar-refractivity contribution is 5.31. The molecule has 0 radical (unpaired) electrons. The molecule has 0 aromatic carbocycles. The summed E-state index contributed by atoms with van der Waals surface area (Å²) in [6.45, 7) is 8.77. The van der Waals surface area contributed by atoms with Gasteiger partial charge in [0, 0.05) is 0 Å². The van der Waals surface area contributed by atoms with Crippen molar-refractivity contribution in [1.29, 1.82) is 0 Å². The number of rotatable bonds is 2. The van der Waals surface area contributed by atoms with Crippen molar-refractivity contribution in [1.82, 2.24) is 0 Å². The minimum atomic E-state index is 0.898. The van der Waals surface area contributed by atoms with E-state index in [0.29, 0.717) is 0 Å². The molecule has 11 heavy (non-hydrogen) atoms. The van der Waals surface area contributed by atoms with Crippen LogP contribution < -0.4 is 0 Å². The SMILES string of the molecule is CC(C)=CC(=C(C)C)C1CC1. The van der Waals surface area contributed by atoms with E-state index in [-0.39, 0.29) is 0 Å². The van der Waals surface area contributed by atoms with Crippen molar-refractivity contribution in [2.75, 3.05) is 0 Å². The Labute approximate surface area is 70.0 Å². The first-order valence-corrected chi connectivity index (χ1v) is 4.43. The van der Waals surface area contributed by atoms with E-state index in [9.17, 15) is 0 Å². The predicted octanol–water partition coefficient (Wildman–Crippen LogP) is 3.70. The fraction of sp³-hybridized carbons (Fsp3) is 0.636. The predicted molar refractivity (Wildman–Crippen MR) is 50.5 cm³/mol. The summed E-state index contributed by atoms with van der Waals surface area (Å²) in [5, 5.41) is 0. The summed E-state index contributed by atoms with van der Waals surface area (Å²) in [6.07, 6.45) is 5.15. The molecule has 0 saturated heterocycles. The molecule has 62 valence electrons. The molecule has 0 heteroatoms. The topological polar surface area (TPSA) is 0 Å². The van der Waals surface area contributed by atoms with Crippen LogP contribution in [0.5, 0.6) is 0 Å². The van der Waals surface area contributed by atoms with E-state index in [2.05, 4.69) is 33.8 Å². The van der Waals surface area contributed by atoms with Crippen LogP contribution in [-0.4, -0.2) is 0 Å². The normalized spacial score (nSPS) is 16.0. The van der Waals surface area contributed by atoms with Crippen molar-refractivity contribution in [3.05, 3.63) is 22.8 Å². The fourth-order valence-corrected chi connectivity index (χ4v) is 1.38. The zero-order valence-corrected chi connectivity index (χ0v) is 8.07. The van der Waals surface area contributed by atoms with Crippen LogP contribution in [0.2, 0.25) is 0 Å². The van der Waals surface area contributed by atoms with Gasteiger partial charge in [-0.2, -0.15) is 0 Å². The molecule has 0 N–H and O–H groups in total. The Morgan fingerprint density at radius 1 is 1.09 bits per heavy atom. The van der Waals surface area contributed by atoms with E-state index >= 15 is 0 Å². The van der Waals surface area contributed by atoms with Gasteiger partial charge in [0.2, 0.25) is 0 Å². The number of allylic oxidation sites excluding steroid dienone is 4. The molecule has 1 rings (SSSR count). The zero-order chi connectivity index (χ0) is 8.43. The molecule has 0 nitrogen and oxygen atoms in total. The Morgan fingerprint density at radius 2 is 1.64 bits per heavy atom. The Morgan fingerprint density at radius 3 is 1.91 bits per heavy atom. The fourth-order valence-electron chi connectivity index (χ4n) is 1.38. The lowest BCUT2D eigenvalue weighted by Crippen LogP contribution is -1.85. The second-order valence-corrected chi connectivity index (χ2v) is 3.95. The molecular weight excluding hydrogens is 132 g/mol. The largest absolute Gasteiger partial charge is 0.0762 e. The highest BCUT2D eigenvalue weighted by Crippen LogP contribution is 2.38. The Balaban J connectivity index is 2.76. The third-order valence-electron chi connectivity index (χ3n) is 2.04. The van der Waals surface area contributed by atoms with Crippen molar-refractivity contribution in [3.8, 4) is 0 Å². The summed E-state index contributed by atoms with van der Waals surface area (Å²) in [5.74, 6) is 0.898. The molecule has 1 saturated carbocycles. The van der Waals surface area contributed by atoms with Gasteiger partial charge in [-0.15, -0.1) is 0 Å². The molecule has 0 aromatic heterocycles. The Bertz CT molecular complexity index is 194. The molecule has 0 amide bonds. The summed E-state index contributed by atoms with van der Waals surface area (Å²) in [7, 11) is 0. The number of hydrogen-bond donors (Lipinski definition) is 0.